The molecule has 5 nitrogen and oxygen atoms in total. The fourth-order valence-corrected chi connectivity index (χ4v) is 2.63. The van der Waals surface area contributed by atoms with Gasteiger partial charge in [0.1, 0.15) is 0 Å². The van der Waals surface area contributed by atoms with E-state index in [2.05, 4.69) is 34.0 Å². The molecule has 1 aromatic rings. The second-order valence-electron chi connectivity index (χ2n) is 6.91. The SMILES string of the molecule is CN=C(NCc1ccc(OC(C)C)nc1)N1CCC(C)(C)C1.I. The van der Waals surface area contributed by atoms with E-state index in [1.54, 1.807) is 0 Å². The molecule has 0 atom stereocenters. The van der Waals surface area contributed by atoms with E-state index in [-0.39, 0.29) is 30.1 Å². The molecule has 1 aliphatic rings. The van der Waals surface area contributed by atoms with Crippen LogP contribution in [0, 0.1) is 5.41 Å². The van der Waals surface area contributed by atoms with Crippen molar-refractivity contribution in [2.45, 2.75) is 46.8 Å². The van der Waals surface area contributed by atoms with Crippen LogP contribution in [0.5, 0.6) is 5.88 Å². The zero-order chi connectivity index (χ0) is 16.2. The fraction of sp³-hybridized carbons (Fsp3) is 0.647. The molecule has 0 spiro atoms. The minimum atomic E-state index is 0. The van der Waals surface area contributed by atoms with Crippen LogP contribution in [-0.4, -0.2) is 42.1 Å². The van der Waals surface area contributed by atoms with Gasteiger partial charge in [-0.15, -0.1) is 24.0 Å². The van der Waals surface area contributed by atoms with E-state index in [1.807, 2.05) is 39.2 Å². The molecular formula is C17H29IN4O. The lowest BCUT2D eigenvalue weighted by atomic mass is 9.93. The molecule has 1 aliphatic heterocycles. The first-order valence-corrected chi connectivity index (χ1v) is 7.97. The maximum atomic E-state index is 5.56. The summed E-state index contributed by atoms with van der Waals surface area (Å²) in [6.07, 6.45) is 3.21. The van der Waals surface area contributed by atoms with E-state index in [9.17, 15) is 0 Å². The van der Waals surface area contributed by atoms with Gasteiger partial charge in [-0.3, -0.25) is 4.99 Å². The lowest BCUT2D eigenvalue weighted by Gasteiger charge is -2.23. The van der Waals surface area contributed by atoms with Crippen molar-refractivity contribution in [1.29, 1.82) is 0 Å². The number of nitrogens with zero attached hydrogens (tertiary/aromatic N) is 3. The van der Waals surface area contributed by atoms with Crippen LogP contribution < -0.4 is 10.1 Å². The molecule has 0 aromatic carbocycles. The van der Waals surface area contributed by atoms with Gasteiger partial charge >= 0.3 is 0 Å². The Hall–Kier alpha value is -1.05. The molecule has 1 N–H and O–H groups in total. The van der Waals surface area contributed by atoms with E-state index in [4.69, 9.17) is 4.74 Å². The van der Waals surface area contributed by atoms with Gasteiger partial charge in [0.25, 0.3) is 0 Å². The van der Waals surface area contributed by atoms with Gasteiger partial charge in [-0.1, -0.05) is 19.9 Å². The largest absolute Gasteiger partial charge is 0.475 e. The summed E-state index contributed by atoms with van der Waals surface area (Å²) in [5.41, 5.74) is 1.49. The number of halogens is 1. The van der Waals surface area contributed by atoms with E-state index < -0.39 is 0 Å². The number of aromatic nitrogens is 1. The van der Waals surface area contributed by atoms with Crippen LogP contribution in [0.25, 0.3) is 0 Å². The molecule has 23 heavy (non-hydrogen) atoms. The number of nitrogens with one attached hydrogen (secondary N) is 1. The smallest absolute Gasteiger partial charge is 0.213 e. The highest BCUT2D eigenvalue weighted by molar-refractivity contribution is 14.0. The number of likely N-dealkylation sites (tertiary alicyclic amines) is 1. The lowest BCUT2D eigenvalue weighted by molar-refractivity contribution is 0.232. The Balaban J connectivity index is 0.00000264. The van der Waals surface area contributed by atoms with Crippen molar-refractivity contribution in [2.75, 3.05) is 20.1 Å². The first-order chi connectivity index (χ1) is 10.4. The predicted octanol–water partition coefficient (Wildman–Crippen LogP) is 3.29. The number of rotatable bonds is 4. The minimum absolute atomic E-state index is 0. The van der Waals surface area contributed by atoms with E-state index >= 15 is 0 Å². The predicted molar refractivity (Wildman–Crippen MR) is 106 cm³/mol. The van der Waals surface area contributed by atoms with Crippen molar-refractivity contribution < 1.29 is 4.74 Å². The van der Waals surface area contributed by atoms with Crippen molar-refractivity contribution in [2.24, 2.45) is 10.4 Å². The summed E-state index contributed by atoms with van der Waals surface area (Å²) < 4.78 is 5.56. The molecule has 6 heteroatoms. The summed E-state index contributed by atoms with van der Waals surface area (Å²) in [4.78, 5) is 11.0. The van der Waals surface area contributed by atoms with Crippen molar-refractivity contribution in [3.8, 4) is 5.88 Å². The Morgan fingerprint density at radius 3 is 2.65 bits per heavy atom. The number of aliphatic imine (C=N–C) groups is 1. The third-order valence-corrected chi connectivity index (χ3v) is 3.79. The van der Waals surface area contributed by atoms with Crippen molar-refractivity contribution in [1.82, 2.24) is 15.2 Å². The van der Waals surface area contributed by atoms with Gasteiger partial charge in [0.2, 0.25) is 5.88 Å². The van der Waals surface area contributed by atoms with Crippen LogP contribution in [0.3, 0.4) is 0 Å². The van der Waals surface area contributed by atoms with Crippen LogP contribution in [0.1, 0.15) is 39.7 Å². The van der Waals surface area contributed by atoms with Crippen LogP contribution in [0.4, 0.5) is 0 Å². The van der Waals surface area contributed by atoms with Crippen LogP contribution in [0.2, 0.25) is 0 Å². The number of hydrogen-bond acceptors (Lipinski definition) is 3. The first-order valence-electron chi connectivity index (χ1n) is 7.97. The quantitative estimate of drug-likeness (QED) is 0.451. The summed E-state index contributed by atoms with van der Waals surface area (Å²) in [6, 6.07) is 3.96. The van der Waals surface area contributed by atoms with E-state index in [1.165, 1.54) is 6.42 Å². The Morgan fingerprint density at radius 1 is 1.43 bits per heavy atom. The number of ether oxygens (including phenoxy) is 1. The molecular weight excluding hydrogens is 403 g/mol. The summed E-state index contributed by atoms with van der Waals surface area (Å²) in [7, 11) is 1.84. The van der Waals surface area contributed by atoms with Gasteiger partial charge < -0.3 is 15.0 Å². The second-order valence-corrected chi connectivity index (χ2v) is 6.91. The second kappa shape index (κ2) is 8.70. The molecule has 1 fully saturated rings. The van der Waals surface area contributed by atoms with E-state index in [0.29, 0.717) is 11.3 Å². The standard InChI is InChI=1S/C17H28N4O.HI/c1-13(2)22-15-7-6-14(10-19-15)11-20-16(18-5)21-9-8-17(3,4)12-21;/h6-7,10,13H,8-9,11-12H2,1-5H3,(H,18,20);1H. The van der Waals surface area contributed by atoms with Crippen LogP contribution in [0.15, 0.2) is 23.3 Å². The summed E-state index contributed by atoms with van der Waals surface area (Å²) in [5.74, 6) is 1.64. The molecule has 130 valence electrons. The zero-order valence-corrected chi connectivity index (χ0v) is 17.1. The average molecular weight is 432 g/mol. The Labute approximate surface area is 156 Å². The molecule has 0 radical (unpaired) electrons. The third-order valence-electron chi connectivity index (χ3n) is 3.79. The molecule has 0 bridgehead atoms. The Morgan fingerprint density at radius 2 is 2.17 bits per heavy atom. The van der Waals surface area contributed by atoms with Gasteiger partial charge in [-0.25, -0.2) is 4.98 Å². The molecule has 2 rings (SSSR count). The van der Waals surface area contributed by atoms with E-state index in [0.717, 1.165) is 31.2 Å². The summed E-state index contributed by atoms with van der Waals surface area (Å²) in [5, 5.41) is 3.42. The third kappa shape index (κ3) is 6.16. The van der Waals surface area contributed by atoms with Crippen LogP contribution >= 0.6 is 24.0 Å². The number of hydrogen-bond donors (Lipinski definition) is 1. The maximum Gasteiger partial charge on any atom is 0.213 e. The number of guanidine groups is 1. The molecule has 0 aliphatic carbocycles. The topological polar surface area (TPSA) is 49.8 Å². The molecule has 0 unspecified atom stereocenters. The van der Waals surface area contributed by atoms with Crippen molar-refractivity contribution in [3.05, 3.63) is 23.9 Å². The van der Waals surface area contributed by atoms with Crippen LogP contribution in [-0.2, 0) is 6.54 Å². The monoisotopic (exact) mass is 432 g/mol. The highest BCUT2D eigenvalue weighted by Gasteiger charge is 2.30. The van der Waals surface area contributed by atoms with Gasteiger partial charge in [0.15, 0.2) is 5.96 Å². The summed E-state index contributed by atoms with van der Waals surface area (Å²) >= 11 is 0. The highest BCUT2D eigenvalue weighted by atomic mass is 127. The summed E-state index contributed by atoms with van der Waals surface area (Å²) in [6.45, 7) is 11.4. The molecule has 0 amide bonds. The normalized spacial score (nSPS) is 17.1. The van der Waals surface area contributed by atoms with Gasteiger partial charge in [-0.05, 0) is 31.2 Å². The fourth-order valence-electron chi connectivity index (χ4n) is 2.63. The highest BCUT2D eigenvalue weighted by Crippen LogP contribution is 2.28. The molecule has 1 aromatic heterocycles. The molecule has 0 saturated carbocycles. The molecule has 2 heterocycles. The number of pyridine rings is 1. The average Bonchev–Trinajstić information content (AvgIpc) is 2.81. The Kier molecular flexibility index (Phi) is 7.57. The first kappa shape index (κ1) is 20.0. The Bertz CT molecular complexity index is 514. The maximum absolute atomic E-state index is 5.56. The van der Waals surface area contributed by atoms with Gasteiger partial charge in [0, 0.05) is 38.9 Å². The lowest BCUT2D eigenvalue weighted by Crippen LogP contribution is -2.40. The minimum Gasteiger partial charge on any atom is -0.475 e. The molecule has 1 saturated heterocycles. The van der Waals surface area contributed by atoms with Gasteiger partial charge in [-0.2, -0.15) is 0 Å². The van der Waals surface area contributed by atoms with Crippen molar-refractivity contribution in [3.63, 3.8) is 0 Å². The van der Waals surface area contributed by atoms with Crippen molar-refractivity contribution >= 4 is 29.9 Å². The zero-order valence-electron chi connectivity index (χ0n) is 14.8. The van der Waals surface area contributed by atoms with Gasteiger partial charge in [0.05, 0.1) is 6.10 Å².